The number of nitrogens with one attached hydrogen (secondary N) is 1. The highest BCUT2D eigenvalue weighted by Gasteiger charge is 2.16. The fraction of sp³-hybridized carbons (Fsp3) is 0.400. The van der Waals surface area contributed by atoms with Gasteiger partial charge in [0.15, 0.2) is 0 Å². The minimum Gasteiger partial charge on any atom is -0.308 e. The Kier molecular flexibility index (Phi) is 4.77. The summed E-state index contributed by atoms with van der Waals surface area (Å²) in [5.41, 5.74) is 3.73. The van der Waals surface area contributed by atoms with Gasteiger partial charge in [-0.25, -0.2) is 0 Å². The first-order valence-corrected chi connectivity index (χ1v) is 7.41. The molecule has 0 amide bonds. The first-order valence-electron chi connectivity index (χ1n) is 6.62. The molecule has 0 spiro atoms. The maximum Gasteiger partial charge on any atom is 0.0745 e. The number of aromatic nitrogens is 2. The highest BCUT2D eigenvalue weighted by atomic mass is 79.9. The Bertz CT molecular complexity index is 548. The second-order valence-electron chi connectivity index (χ2n) is 4.71. The third-order valence-electron chi connectivity index (χ3n) is 3.28. The van der Waals surface area contributed by atoms with Crippen molar-refractivity contribution in [3.05, 3.63) is 51.8 Å². The van der Waals surface area contributed by atoms with Gasteiger partial charge in [-0.2, -0.15) is 5.10 Å². The molecule has 1 N–H and O–H groups in total. The van der Waals surface area contributed by atoms with Gasteiger partial charge in [-0.1, -0.05) is 35.0 Å². The lowest BCUT2D eigenvalue weighted by Crippen LogP contribution is -2.21. The van der Waals surface area contributed by atoms with Crippen molar-refractivity contribution in [2.45, 2.75) is 32.9 Å². The molecule has 3 nitrogen and oxygen atoms in total. The van der Waals surface area contributed by atoms with E-state index in [1.807, 2.05) is 13.2 Å². The van der Waals surface area contributed by atoms with Crippen molar-refractivity contribution in [2.75, 3.05) is 7.05 Å². The zero-order valence-electron chi connectivity index (χ0n) is 11.7. The van der Waals surface area contributed by atoms with Crippen LogP contribution in [0.1, 0.15) is 36.2 Å². The maximum atomic E-state index is 4.41. The van der Waals surface area contributed by atoms with Crippen LogP contribution >= 0.6 is 15.9 Å². The number of benzene rings is 1. The quantitative estimate of drug-likeness (QED) is 0.910. The van der Waals surface area contributed by atoms with Gasteiger partial charge < -0.3 is 5.32 Å². The first kappa shape index (κ1) is 14.3. The highest BCUT2D eigenvalue weighted by Crippen LogP contribution is 2.25. The average Bonchev–Trinajstić information content (AvgIpc) is 2.83. The van der Waals surface area contributed by atoms with E-state index in [0.29, 0.717) is 0 Å². The molecule has 1 unspecified atom stereocenters. The van der Waals surface area contributed by atoms with Crippen molar-refractivity contribution in [3.8, 4) is 0 Å². The molecule has 2 aromatic rings. The van der Waals surface area contributed by atoms with Gasteiger partial charge in [0.05, 0.1) is 11.7 Å². The third kappa shape index (κ3) is 3.07. The van der Waals surface area contributed by atoms with Gasteiger partial charge in [0.1, 0.15) is 0 Å². The van der Waals surface area contributed by atoms with Crippen LogP contribution in [0.2, 0.25) is 0 Å². The molecular formula is C15H20BrN3. The van der Waals surface area contributed by atoms with E-state index < -0.39 is 0 Å². The molecule has 0 aliphatic carbocycles. The topological polar surface area (TPSA) is 29.9 Å². The summed E-state index contributed by atoms with van der Waals surface area (Å²) in [6, 6.07) is 8.75. The van der Waals surface area contributed by atoms with Crippen molar-refractivity contribution in [1.29, 1.82) is 0 Å². The van der Waals surface area contributed by atoms with E-state index in [2.05, 4.69) is 69.1 Å². The molecule has 1 atom stereocenters. The minimum absolute atomic E-state index is 0.181. The monoisotopic (exact) mass is 321 g/mol. The van der Waals surface area contributed by atoms with Crippen LogP contribution in [0.15, 0.2) is 34.9 Å². The Morgan fingerprint density at radius 3 is 2.79 bits per heavy atom. The lowest BCUT2D eigenvalue weighted by atomic mass is 10.0. The molecule has 1 aromatic heterocycles. The van der Waals surface area contributed by atoms with Gasteiger partial charge >= 0.3 is 0 Å². The Morgan fingerprint density at radius 2 is 2.16 bits per heavy atom. The van der Waals surface area contributed by atoms with E-state index in [4.69, 9.17) is 0 Å². The predicted molar refractivity (Wildman–Crippen MR) is 82.3 cm³/mol. The number of hydrogen-bond acceptors (Lipinski definition) is 2. The normalized spacial score (nSPS) is 12.6. The van der Waals surface area contributed by atoms with Crippen LogP contribution in [0.25, 0.3) is 0 Å². The smallest absolute Gasteiger partial charge is 0.0745 e. The highest BCUT2D eigenvalue weighted by molar-refractivity contribution is 9.10. The first-order chi connectivity index (χ1) is 9.17. The van der Waals surface area contributed by atoms with Crippen molar-refractivity contribution in [1.82, 2.24) is 15.1 Å². The number of halogens is 1. The summed E-state index contributed by atoms with van der Waals surface area (Å²) in [6.45, 7) is 5.24. The predicted octanol–water partition coefficient (Wildman–Crippen LogP) is 3.67. The Hall–Kier alpha value is -1.13. The second-order valence-corrected chi connectivity index (χ2v) is 5.56. The molecule has 1 aromatic carbocycles. The summed E-state index contributed by atoms with van der Waals surface area (Å²) >= 11 is 3.55. The summed E-state index contributed by atoms with van der Waals surface area (Å²) in [7, 11) is 1.99. The van der Waals surface area contributed by atoms with Gasteiger partial charge in [0.2, 0.25) is 0 Å². The third-order valence-corrected chi connectivity index (χ3v) is 4.17. The lowest BCUT2D eigenvalue weighted by molar-refractivity contribution is 0.534. The van der Waals surface area contributed by atoms with Gasteiger partial charge in [-0.05, 0) is 43.7 Å². The maximum absolute atomic E-state index is 4.41. The molecule has 2 rings (SSSR count). The molecule has 0 bridgehead atoms. The molecule has 4 heteroatoms. The largest absolute Gasteiger partial charge is 0.308 e. The molecular weight excluding hydrogens is 302 g/mol. The van der Waals surface area contributed by atoms with Gasteiger partial charge in [-0.3, -0.25) is 4.68 Å². The van der Waals surface area contributed by atoms with Crippen molar-refractivity contribution in [3.63, 3.8) is 0 Å². The zero-order chi connectivity index (χ0) is 13.8. The molecule has 0 saturated heterocycles. The average molecular weight is 322 g/mol. The van der Waals surface area contributed by atoms with Crippen LogP contribution < -0.4 is 5.32 Å². The molecule has 102 valence electrons. The van der Waals surface area contributed by atoms with Crippen LogP contribution in [-0.4, -0.2) is 16.8 Å². The standard InChI is InChI=1S/C15H20BrN3/c1-4-9-19-14(7-8-18-19)15(17-3)12-5-6-13(16)11(2)10-12/h5-8,10,15,17H,4,9H2,1-3H3. The van der Waals surface area contributed by atoms with E-state index in [1.165, 1.54) is 16.8 Å². The summed E-state index contributed by atoms with van der Waals surface area (Å²) in [6.07, 6.45) is 2.96. The fourth-order valence-electron chi connectivity index (χ4n) is 2.32. The van der Waals surface area contributed by atoms with E-state index in [0.717, 1.165) is 17.4 Å². The van der Waals surface area contributed by atoms with Crippen LogP contribution in [0.5, 0.6) is 0 Å². The van der Waals surface area contributed by atoms with Gasteiger partial charge in [-0.15, -0.1) is 0 Å². The van der Waals surface area contributed by atoms with Gasteiger partial charge in [0, 0.05) is 17.2 Å². The summed E-state index contributed by atoms with van der Waals surface area (Å²) in [5.74, 6) is 0. The zero-order valence-corrected chi connectivity index (χ0v) is 13.2. The molecule has 0 aliphatic rings. The van der Waals surface area contributed by atoms with Crippen LogP contribution in [-0.2, 0) is 6.54 Å². The van der Waals surface area contributed by atoms with Crippen LogP contribution in [0.3, 0.4) is 0 Å². The fourth-order valence-corrected chi connectivity index (χ4v) is 2.57. The Labute approximate surface area is 123 Å². The molecule has 0 saturated carbocycles. The number of nitrogens with zero attached hydrogens (tertiary/aromatic N) is 2. The Morgan fingerprint density at radius 1 is 1.37 bits per heavy atom. The number of rotatable bonds is 5. The SMILES string of the molecule is CCCn1nccc1C(NC)c1ccc(Br)c(C)c1. The Balaban J connectivity index is 2.38. The number of hydrogen-bond donors (Lipinski definition) is 1. The number of aryl methyl sites for hydroxylation is 2. The molecule has 0 radical (unpaired) electrons. The van der Waals surface area contributed by atoms with E-state index >= 15 is 0 Å². The van der Waals surface area contributed by atoms with E-state index in [9.17, 15) is 0 Å². The molecule has 1 heterocycles. The summed E-state index contributed by atoms with van der Waals surface area (Å²) < 4.78 is 3.23. The summed E-state index contributed by atoms with van der Waals surface area (Å²) in [5, 5.41) is 7.80. The van der Waals surface area contributed by atoms with Crippen LogP contribution in [0, 0.1) is 6.92 Å². The van der Waals surface area contributed by atoms with Crippen LogP contribution in [0.4, 0.5) is 0 Å². The van der Waals surface area contributed by atoms with E-state index in [1.54, 1.807) is 0 Å². The van der Waals surface area contributed by atoms with E-state index in [-0.39, 0.29) is 6.04 Å². The van der Waals surface area contributed by atoms with Crippen molar-refractivity contribution < 1.29 is 0 Å². The van der Waals surface area contributed by atoms with Crippen molar-refractivity contribution >= 4 is 15.9 Å². The second kappa shape index (κ2) is 6.35. The molecule has 0 aliphatic heterocycles. The minimum atomic E-state index is 0.181. The molecule has 0 fully saturated rings. The van der Waals surface area contributed by atoms with Gasteiger partial charge in [0.25, 0.3) is 0 Å². The van der Waals surface area contributed by atoms with Crippen molar-refractivity contribution in [2.24, 2.45) is 0 Å². The lowest BCUT2D eigenvalue weighted by Gasteiger charge is -2.19. The summed E-state index contributed by atoms with van der Waals surface area (Å²) in [4.78, 5) is 0. The molecule has 19 heavy (non-hydrogen) atoms.